The molecular weight excluding hydrogens is 404 g/mol. The number of methoxy groups -OCH3 is 1. The highest BCUT2D eigenvalue weighted by molar-refractivity contribution is 7.21. The van der Waals surface area contributed by atoms with Crippen molar-refractivity contribution in [1.29, 1.82) is 0 Å². The van der Waals surface area contributed by atoms with Gasteiger partial charge in [0.15, 0.2) is 5.82 Å². The van der Waals surface area contributed by atoms with Gasteiger partial charge in [-0.15, -0.1) is 11.3 Å². The average molecular weight is 429 g/mol. The number of ether oxygens (including phenoxy) is 2. The van der Waals surface area contributed by atoms with Crippen molar-refractivity contribution in [3.63, 3.8) is 0 Å². The predicted molar refractivity (Wildman–Crippen MR) is 114 cm³/mol. The third-order valence-electron chi connectivity index (χ3n) is 5.12. The van der Waals surface area contributed by atoms with Gasteiger partial charge in [-0.2, -0.15) is 0 Å². The molecule has 1 fully saturated rings. The van der Waals surface area contributed by atoms with Crippen molar-refractivity contribution in [2.24, 2.45) is 7.05 Å². The lowest BCUT2D eigenvalue weighted by Gasteiger charge is -2.33. The van der Waals surface area contributed by atoms with Crippen molar-refractivity contribution in [2.75, 3.05) is 40.0 Å². The maximum atomic E-state index is 13.0. The summed E-state index contributed by atoms with van der Waals surface area (Å²) in [5.41, 5.74) is 0.836. The molecule has 3 heterocycles. The Kier molecular flexibility index (Phi) is 6.12. The van der Waals surface area contributed by atoms with Crippen molar-refractivity contribution >= 4 is 33.2 Å². The number of imidazole rings is 1. The fourth-order valence-electron chi connectivity index (χ4n) is 3.62. The molecule has 3 aromatic rings. The summed E-state index contributed by atoms with van der Waals surface area (Å²) in [6, 6.07) is 7.89. The van der Waals surface area contributed by atoms with E-state index >= 15 is 0 Å². The maximum absolute atomic E-state index is 13.0. The Bertz CT molecular complexity index is 1060. The lowest BCUT2D eigenvalue weighted by atomic mass is 10.0. The molecule has 1 aliphatic heterocycles. The summed E-state index contributed by atoms with van der Waals surface area (Å²) in [6.45, 7) is 2.12. The van der Waals surface area contributed by atoms with Gasteiger partial charge < -0.3 is 24.3 Å². The number of hydrogen-bond acceptors (Lipinski definition) is 6. The summed E-state index contributed by atoms with van der Waals surface area (Å²) in [6.07, 6.45) is 2.97. The number of amides is 2. The first-order valence-electron chi connectivity index (χ1n) is 9.77. The van der Waals surface area contributed by atoms with Crippen LogP contribution >= 0.6 is 11.3 Å². The molecule has 1 aromatic carbocycles. The molecule has 2 aromatic heterocycles. The Hall–Kier alpha value is -2.75. The zero-order chi connectivity index (χ0) is 21.1. The van der Waals surface area contributed by atoms with Crippen LogP contribution in [0.2, 0.25) is 0 Å². The van der Waals surface area contributed by atoms with Crippen LogP contribution in [0.25, 0.3) is 10.1 Å². The summed E-state index contributed by atoms with van der Waals surface area (Å²) in [5, 5.41) is 3.88. The number of hydrogen-bond donors (Lipinski definition) is 1. The zero-order valence-corrected chi connectivity index (χ0v) is 17.8. The Morgan fingerprint density at radius 2 is 2.20 bits per heavy atom. The number of carbonyl (C=O) groups excluding carboxylic acids is 2. The van der Waals surface area contributed by atoms with Gasteiger partial charge in [-0.05, 0) is 11.5 Å². The number of aryl methyl sites for hydroxylation is 1. The van der Waals surface area contributed by atoms with E-state index in [1.165, 1.54) is 11.3 Å². The predicted octanol–water partition coefficient (Wildman–Crippen LogP) is 2.22. The SMILES string of the molecule is COCCNC(=O)c1sc2ccccc2c1C1CN(C(=O)c2nccn2C)CCO1. The summed E-state index contributed by atoms with van der Waals surface area (Å²) in [7, 11) is 3.40. The fourth-order valence-corrected chi connectivity index (χ4v) is 4.79. The molecule has 1 N–H and O–H groups in total. The van der Waals surface area contributed by atoms with E-state index in [4.69, 9.17) is 9.47 Å². The average Bonchev–Trinajstić information content (AvgIpc) is 3.37. The quantitative estimate of drug-likeness (QED) is 0.609. The van der Waals surface area contributed by atoms with Crippen LogP contribution in [0.4, 0.5) is 0 Å². The van der Waals surface area contributed by atoms with Crippen LogP contribution in [0.15, 0.2) is 36.7 Å². The highest BCUT2D eigenvalue weighted by Gasteiger charge is 2.32. The standard InChI is InChI=1S/C21H24N4O4S/c1-24-9-7-22-19(24)21(27)25-10-12-29-15(13-25)17-14-5-3-4-6-16(14)30-18(17)20(26)23-8-11-28-2/h3-7,9,15H,8,10-13H2,1-2H3,(H,23,26). The molecule has 0 spiro atoms. The molecule has 1 atom stereocenters. The second-order valence-corrected chi connectivity index (χ2v) is 8.11. The number of fused-ring (bicyclic) bond motifs is 1. The van der Waals surface area contributed by atoms with Gasteiger partial charge in [0.2, 0.25) is 0 Å². The van der Waals surface area contributed by atoms with Crippen molar-refractivity contribution in [1.82, 2.24) is 19.8 Å². The van der Waals surface area contributed by atoms with E-state index in [1.54, 1.807) is 36.0 Å². The minimum atomic E-state index is -0.387. The van der Waals surface area contributed by atoms with Gasteiger partial charge in [-0.25, -0.2) is 4.98 Å². The topological polar surface area (TPSA) is 85.7 Å². The molecular formula is C21H24N4O4S. The van der Waals surface area contributed by atoms with Gasteiger partial charge in [-0.1, -0.05) is 18.2 Å². The van der Waals surface area contributed by atoms with Crippen molar-refractivity contribution in [2.45, 2.75) is 6.10 Å². The second kappa shape index (κ2) is 8.95. The van der Waals surface area contributed by atoms with Crippen LogP contribution in [0.3, 0.4) is 0 Å². The fraction of sp³-hybridized carbons (Fsp3) is 0.381. The number of aromatic nitrogens is 2. The Morgan fingerprint density at radius 1 is 1.37 bits per heavy atom. The van der Waals surface area contributed by atoms with Crippen LogP contribution in [-0.4, -0.2) is 66.2 Å². The van der Waals surface area contributed by atoms with Gasteiger partial charge in [0.1, 0.15) is 6.10 Å². The van der Waals surface area contributed by atoms with Crippen LogP contribution in [0, 0.1) is 0 Å². The van der Waals surface area contributed by atoms with E-state index in [-0.39, 0.29) is 17.9 Å². The molecule has 0 radical (unpaired) electrons. The number of benzene rings is 1. The largest absolute Gasteiger partial charge is 0.383 e. The van der Waals surface area contributed by atoms with Gasteiger partial charge in [-0.3, -0.25) is 9.59 Å². The first-order valence-corrected chi connectivity index (χ1v) is 10.6. The molecule has 1 unspecified atom stereocenters. The molecule has 0 saturated carbocycles. The maximum Gasteiger partial charge on any atom is 0.290 e. The van der Waals surface area contributed by atoms with E-state index in [0.717, 1.165) is 15.6 Å². The first kappa shape index (κ1) is 20.5. The monoisotopic (exact) mass is 428 g/mol. The first-order chi connectivity index (χ1) is 14.6. The summed E-state index contributed by atoms with van der Waals surface area (Å²) >= 11 is 1.44. The summed E-state index contributed by atoms with van der Waals surface area (Å²) in [5.74, 6) is 0.101. The lowest BCUT2D eigenvalue weighted by molar-refractivity contribution is -0.0227. The zero-order valence-electron chi connectivity index (χ0n) is 17.0. The molecule has 158 valence electrons. The molecule has 9 heteroatoms. The molecule has 8 nitrogen and oxygen atoms in total. The van der Waals surface area contributed by atoms with Crippen LogP contribution < -0.4 is 5.32 Å². The Balaban J connectivity index is 1.64. The van der Waals surface area contributed by atoms with E-state index in [2.05, 4.69) is 10.3 Å². The third-order valence-corrected chi connectivity index (χ3v) is 6.31. The lowest BCUT2D eigenvalue weighted by Crippen LogP contribution is -2.43. The normalized spacial score (nSPS) is 16.7. The van der Waals surface area contributed by atoms with Crippen LogP contribution in [0.5, 0.6) is 0 Å². The van der Waals surface area contributed by atoms with E-state index in [9.17, 15) is 9.59 Å². The number of nitrogens with zero attached hydrogens (tertiary/aromatic N) is 3. The number of rotatable bonds is 6. The van der Waals surface area contributed by atoms with E-state index in [0.29, 0.717) is 43.5 Å². The smallest absolute Gasteiger partial charge is 0.290 e. The minimum Gasteiger partial charge on any atom is -0.383 e. The van der Waals surface area contributed by atoms with Crippen molar-refractivity contribution in [3.8, 4) is 0 Å². The number of carbonyl (C=O) groups is 2. The highest BCUT2D eigenvalue weighted by Crippen LogP contribution is 2.38. The van der Waals surface area contributed by atoms with Gasteiger partial charge in [0.05, 0.1) is 24.6 Å². The Labute approximate surface area is 178 Å². The summed E-state index contributed by atoms with van der Waals surface area (Å²) in [4.78, 5) is 32.4. The molecule has 4 rings (SSSR count). The third kappa shape index (κ3) is 3.96. The van der Waals surface area contributed by atoms with E-state index in [1.807, 2.05) is 24.3 Å². The van der Waals surface area contributed by atoms with Crippen LogP contribution in [-0.2, 0) is 16.5 Å². The number of nitrogens with one attached hydrogen (secondary N) is 1. The van der Waals surface area contributed by atoms with Crippen LogP contribution in [0.1, 0.15) is 32.0 Å². The molecule has 1 saturated heterocycles. The minimum absolute atomic E-state index is 0.138. The molecule has 30 heavy (non-hydrogen) atoms. The highest BCUT2D eigenvalue weighted by atomic mass is 32.1. The Morgan fingerprint density at radius 3 is 2.97 bits per heavy atom. The van der Waals surface area contributed by atoms with Gasteiger partial charge in [0.25, 0.3) is 11.8 Å². The van der Waals surface area contributed by atoms with Gasteiger partial charge >= 0.3 is 0 Å². The van der Waals surface area contributed by atoms with Gasteiger partial charge in [0, 0.05) is 49.9 Å². The summed E-state index contributed by atoms with van der Waals surface area (Å²) < 4.78 is 13.8. The number of thiophene rings is 1. The van der Waals surface area contributed by atoms with Crippen molar-refractivity contribution in [3.05, 3.63) is 52.9 Å². The molecule has 2 amide bonds. The second-order valence-electron chi connectivity index (χ2n) is 7.06. The molecule has 1 aliphatic rings. The molecule has 0 aliphatic carbocycles. The number of morpholine rings is 1. The molecule has 0 bridgehead atoms. The van der Waals surface area contributed by atoms with Crippen molar-refractivity contribution < 1.29 is 19.1 Å². The van der Waals surface area contributed by atoms with E-state index < -0.39 is 0 Å².